The fourth-order valence-electron chi connectivity index (χ4n) is 1.81. The molecule has 0 amide bonds. The zero-order valence-electron chi connectivity index (χ0n) is 10.7. The van der Waals surface area contributed by atoms with E-state index in [1.165, 1.54) is 4.88 Å². The molecule has 0 atom stereocenters. The van der Waals surface area contributed by atoms with Crippen LogP contribution in [0, 0.1) is 17.0 Å². The van der Waals surface area contributed by atoms with Crippen LogP contribution in [0.3, 0.4) is 0 Å². The number of halogens is 2. The van der Waals surface area contributed by atoms with Crippen LogP contribution in [0.25, 0.3) is 0 Å². The third-order valence-corrected chi connectivity index (χ3v) is 5.14. The second-order valence-electron chi connectivity index (χ2n) is 4.26. The standard InChI is InChI=1S/C13H12Br2N2O2S/c1-8-6-11(10(14)7-12(8)17(18)19)16-5-4-9-2-3-13(15)20-9/h2-3,6-7,16H,4-5H2,1H3. The van der Waals surface area contributed by atoms with Crippen molar-refractivity contribution in [3.05, 3.63) is 53.1 Å². The first kappa shape index (κ1) is 15.5. The Morgan fingerprint density at radius 2 is 2.10 bits per heavy atom. The summed E-state index contributed by atoms with van der Waals surface area (Å²) in [6.45, 7) is 2.52. The van der Waals surface area contributed by atoms with Gasteiger partial charge in [0.15, 0.2) is 0 Å². The van der Waals surface area contributed by atoms with E-state index in [1.807, 2.05) is 6.07 Å². The smallest absolute Gasteiger partial charge is 0.273 e. The second kappa shape index (κ2) is 6.69. The van der Waals surface area contributed by atoms with Crippen LogP contribution < -0.4 is 5.32 Å². The lowest BCUT2D eigenvalue weighted by Gasteiger charge is -2.09. The average molecular weight is 420 g/mol. The summed E-state index contributed by atoms with van der Waals surface area (Å²) in [5.74, 6) is 0. The summed E-state index contributed by atoms with van der Waals surface area (Å²) in [6, 6.07) is 7.46. The molecule has 1 aromatic carbocycles. The van der Waals surface area contributed by atoms with Crippen molar-refractivity contribution < 1.29 is 4.92 Å². The molecule has 2 aromatic rings. The van der Waals surface area contributed by atoms with Crippen LogP contribution in [-0.4, -0.2) is 11.5 Å². The van der Waals surface area contributed by atoms with Gasteiger partial charge in [-0.1, -0.05) is 0 Å². The van der Waals surface area contributed by atoms with Gasteiger partial charge in [0.1, 0.15) is 0 Å². The maximum absolute atomic E-state index is 10.8. The fourth-order valence-corrected chi connectivity index (χ4v) is 3.76. The molecule has 0 radical (unpaired) electrons. The van der Waals surface area contributed by atoms with Gasteiger partial charge in [0, 0.05) is 33.2 Å². The van der Waals surface area contributed by atoms with Crippen molar-refractivity contribution in [3.63, 3.8) is 0 Å². The van der Waals surface area contributed by atoms with E-state index in [1.54, 1.807) is 30.4 Å². The number of nitro benzene ring substituents is 1. The van der Waals surface area contributed by atoms with E-state index in [4.69, 9.17) is 0 Å². The van der Waals surface area contributed by atoms with Gasteiger partial charge in [0.25, 0.3) is 5.69 Å². The van der Waals surface area contributed by atoms with Crippen LogP contribution in [-0.2, 0) is 6.42 Å². The van der Waals surface area contributed by atoms with E-state index in [-0.39, 0.29) is 10.6 Å². The molecular formula is C13H12Br2N2O2S. The van der Waals surface area contributed by atoms with Gasteiger partial charge >= 0.3 is 0 Å². The summed E-state index contributed by atoms with van der Waals surface area (Å²) >= 11 is 8.52. The van der Waals surface area contributed by atoms with Crippen molar-refractivity contribution in [2.75, 3.05) is 11.9 Å². The topological polar surface area (TPSA) is 55.2 Å². The molecule has 0 unspecified atom stereocenters. The van der Waals surface area contributed by atoms with Gasteiger partial charge < -0.3 is 5.32 Å². The van der Waals surface area contributed by atoms with Gasteiger partial charge in [-0.2, -0.15) is 0 Å². The molecule has 7 heteroatoms. The summed E-state index contributed by atoms with van der Waals surface area (Å²) in [5.41, 5.74) is 1.66. The Morgan fingerprint density at radius 1 is 1.35 bits per heavy atom. The molecule has 106 valence electrons. The molecule has 1 aromatic heterocycles. The third-order valence-electron chi connectivity index (χ3n) is 2.80. The van der Waals surface area contributed by atoms with Crippen LogP contribution in [0.15, 0.2) is 32.5 Å². The van der Waals surface area contributed by atoms with Crippen LogP contribution in [0.2, 0.25) is 0 Å². The van der Waals surface area contributed by atoms with Gasteiger partial charge in [-0.05, 0) is 63.4 Å². The quantitative estimate of drug-likeness (QED) is 0.538. The van der Waals surface area contributed by atoms with Crippen molar-refractivity contribution >= 4 is 54.6 Å². The highest BCUT2D eigenvalue weighted by molar-refractivity contribution is 9.11. The highest BCUT2D eigenvalue weighted by Gasteiger charge is 2.13. The molecule has 0 fully saturated rings. The average Bonchev–Trinajstić information content (AvgIpc) is 2.78. The largest absolute Gasteiger partial charge is 0.384 e. The number of nitrogens with one attached hydrogen (secondary N) is 1. The predicted molar refractivity (Wildman–Crippen MR) is 89.7 cm³/mol. The molecule has 0 saturated heterocycles. The van der Waals surface area contributed by atoms with E-state index in [0.29, 0.717) is 10.0 Å². The summed E-state index contributed by atoms with van der Waals surface area (Å²) in [5, 5.41) is 14.1. The molecule has 0 saturated carbocycles. The number of anilines is 1. The molecule has 0 aliphatic rings. The third kappa shape index (κ3) is 3.80. The Labute approximate surface area is 137 Å². The second-order valence-corrected chi connectivity index (χ2v) is 7.66. The first-order valence-electron chi connectivity index (χ1n) is 5.90. The summed E-state index contributed by atoms with van der Waals surface area (Å²) < 4.78 is 1.84. The Kier molecular flexibility index (Phi) is 5.17. The van der Waals surface area contributed by atoms with E-state index < -0.39 is 0 Å². The maximum atomic E-state index is 10.8. The van der Waals surface area contributed by atoms with E-state index >= 15 is 0 Å². The number of benzene rings is 1. The highest BCUT2D eigenvalue weighted by atomic mass is 79.9. The molecule has 2 rings (SSSR count). The minimum Gasteiger partial charge on any atom is -0.384 e. The number of hydrogen-bond donors (Lipinski definition) is 1. The summed E-state index contributed by atoms with van der Waals surface area (Å²) in [7, 11) is 0. The molecule has 4 nitrogen and oxygen atoms in total. The van der Waals surface area contributed by atoms with Gasteiger partial charge in [0.2, 0.25) is 0 Å². The Balaban J connectivity index is 2.03. The SMILES string of the molecule is Cc1cc(NCCc2ccc(Br)s2)c(Br)cc1[N+](=O)[O-]. The minimum atomic E-state index is -0.368. The zero-order chi connectivity index (χ0) is 14.7. The minimum absolute atomic E-state index is 0.129. The lowest BCUT2D eigenvalue weighted by atomic mass is 10.2. The molecule has 1 heterocycles. The van der Waals surface area contributed by atoms with Crippen molar-refractivity contribution in [1.82, 2.24) is 0 Å². The fraction of sp³-hybridized carbons (Fsp3) is 0.231. The van der Waals surface area contributed by atoms with Crippen LogP contribution >= 0.6 is 43.2 Å². The van der Waals surface area contributed by atoms with Gasteiger partial charge in [0.05, 0.1) is 8.71 Å². The molecule has 0 spiro atoms. The Hall–Kier alpha value is -0.920. The van der Waals surface area contributed by atoms with Gasteiger partial charge in [-0.15, -0.1) is 11.3 Å². The van der Waals surface area contributed by atoms with Crippen LogP contribution in [0.5, 0.6) is 0 Å². The summed E-state index contributed by atoms with van der Waals surface area (Å²) in [4.78, 5) is 11.8. The molecular weight excluding hydrogens is 408 g/mol. The molecule has 0 aliphatic heterocycles. The first-order chi connectivity index (χ1) is 9.47. The number of thiophene rings is 1. The lowest BCUT2D eigenvalue weighted by Crippen LogP contribution is -2.05. The first-order valence-corrected chi connectivity index (χ1v) is 8.30. The van der Waals surface area contributed by atoms with Crippen molar-refractivity contribution in [2.45, 2.75) is 13.3 Å². The molecule has 20 heavy (non-hydrogen) atoms. The molecule has 0 bridgehead atoms. The Morgan fingerprint density at radius 3 is 2.70 bits per heavy atom. The van der Waals surface area contributed by atoms with Crippen molar-refractivity contribution in [3.8, 4) is 0 Å². The van der Waals surface area contributed by atoms with E-state index in [9.17, 15) is 10.1 Å². The Bertz CT molecular complexity index is 643. The molecule has 1 N–H and O–H groups in total. The maximum Gasteiger partial charge on any atom is 0.273 e. The number of nitro groups is 1. The number of aryl methyl sites for hydroxylation is 1. The van der Waals surface area contributed by atoms with Crippen LogP contribution in [0.1, 0.15) is 10.4 Å². The number of nitrogens with zero attached hydrogens (tertiary/aromatic N) is 1. The van der Waals surface area contributed by atoms with E-state index in [2.05, 4.69) is 43.2 Å². The lowest BCUT2D eigenvalue weighted by molar-refractivity contribution is -0.385. The van der Waals surface area contributed by atoms with Crippen molar-refractivity contribution in [1.29, 1.82) is 0 Å². The normalized spacial score (nSPS) is 10.6. The van der Waals surface area contributed by atoms with Crippen LogP contribution in [0.4, 0.5) is 11.4 Å². The number of rotatable bonds is 5. The number of hydrogen-bond acceptors (Lipinski definition) is 4. The predicted octanol–water partition coefficient (Wildman–Crippen LogP) is 5.14. The van der Waals surface area contributed by atoms with Gasteiger partial charge in [-0.25, -0.2) is 0 Å². The highest BCUT2D eigenvalue weighted by Crippen LogP contribution is 2.30. The summed E-state index contributed by atoms with van der Waals surface area (Å²) in [6.07, 6.45) is 0.915. The van der Waals surface area contributed by atoms with E-state index in [0.717, 1.165) is 22.4 Å². The van der Waals surface area contributed by atoms with Gasteiger partial charge in [-0.3, -0.25) is 10.1 Å². The zero-order valence-corrected chi connectivity index (χ0v) is 14.6. The monoisotopic (exact) mass is 418 g/mol. The van der Waals surface area contributed by atoms with Crippen molar-refractivity contribution in [2.24, 2.45) is 0 Å². The molecule has 0 aliphatic carbocycles.